The fourth-order valence-corrected chi connectivity index (χ4v) is 4.01. The molecule has 0 atom stereocenters. The summed E-state index contributed by atoms with van der Waals surface area (Å²) in [5, 5.41) is 2.83. The molecule has 0 fully saturated rings. The van der Waals surface area contributed by atoms with Crippen molar-refractivity contribution in [1.82, 2.24) is 0 Å². The Bertz CT molecular complexity index is 1010. The van der Waals surface area contributed by atoms with Gasteiger partial charge in [0.1, 0.15) is 5.75 Å². The van der Waals surface area contributed by atoms with Crippen molar-refractivity contribution < 1.29 is 27.4 Å². The second kappa shape index (κ2) is 9.25. The van der Waals surface area contributed by atoms with Gasteiger partial charge in [0.05, 0.1) is 23.7 Å². The first-order valence-corrected chi connectivity index (χ1v) is 11.5. The van der Waals surface area contributed by atoms with Crippen molar-refractivity contribution >= 4 is 27.3 Å². The van der Waals surface area contributed by atoms with E-state index >= 15 is 0 Å². The summed E-state index contributed by atoms with van der Waals surface area (Å²) < 4.78 is 42.1. The van der Waals surface area contributed by atoms with Gasteiger partial charge in [-0.2, -0.15) is 0 Å². The highest BCUT2D eigenvalue weighted by atomic mass is 32.2. The molecule has 1 aliphatic heterocycles. The van der Waals surface area contributed by atoms with Gasteiger partial charge in [0.25, 0.3) is 0 Å². The molecule has 162 valence electrons. The number of carbonyl (C=O) groups is 1. The first kappa shape index (κ1) is 21.8. The lowest BCUT2D eigenvalue weighted by atomic mass is 10.2. The van der Waals surface area contributed by atoms with Crippen LogP contribution in [-0.4, -0.2) is 40.0 Å². The Balaban J connectivity index is 1.61. The SMILES string of the molecule is CC(C)Oc1ccccc1NC(=O)CCCN(c1ccc2c(c1)OCO2)S(C)(=O)=O. The maximum absolute atomic E-state index is 12.4. The highest BCUT2D eigenvalue weighted by molar-refractivity contribution is 7.92. The van der Waals surface area contributed by atoms with Gasteiger partial charge in [0.2, 0.25) is 22.7 Å². The Morgan fingerprint density at radius 1 is 1.17 bits per heavy atom. The maximum atomic E-state index is 12.4. The minimum atomic E-state index is -3.53. The molecule has 1 amide bonds. The predicted molar refractivity (Wildman–Crippen MR) is 115 cm³/mol. The largest absolute Gasteiger partial charge is 0.489 e. The van der Waals surface area contributed by atoms with Crippen LogP contribution in [0.1, 0.15) is 26.7 Å². The third kappa shape index (κ3) is 5.56. The third-order valence-electron chi connectivity index (χ3n) is 4.33. The van der Waals surface area contributed by atoms with Gasteiger partial charge < -0.3 is 19.5 Å². The number of benzene rings is 2. The minimum absolute atomic E-state index is 0.0203. The summed E-state index contributed by atoms with van der Waals surface area (Å²) in [7, 11) is -3.53. The molecule has 1 aliphatic rings. The van der Waals surface area contributed by atoms with Gasteiger partial charge in [-0.05, 0) is 44.5 Å². The van der Waals surface area contributed by atoms with Crippen LogP contribution < -0.4 is 23.8 Å². The van der Waals surface area contributed by atoms with Crippen LogP contribution in [0.25, 0.3) is 0 Å². The molecule has 1 N–H and O–H groups in total. The predicted octanol–water partition coefficient (Wildman–Crippen LogP) is 3.39. The molecule has 2 aromatic rings. The van der Waals surface area contributed by atoms with E-state index in [-0.39, 0.29) is 31.8 Å². The minimum Gasteiger partial charge on any atom is -0.489 e. The number of hydrogen-bond acceptors (Lipinski definition) is 6. The van der Waals surface area contributed by atoms with Crippen LogP contribution in [0.3, 0.4) is 0 Å². The van der Waals surface area contributed by atoms with Crippen LogP contribution in [0.2, 0.25) is 0 Å². The lowest BCUT2D eigenvalue weighted by molar-refractivity contribution is -0.116. The number of carbonyl (C=O) groups excluding carboxylic acids is 1. The number of hydrogen-bond donors (Lipinski definition) is 1. The fraction of sp³-hybridized carbons (Fsp3) is 0.381. The second-order valence-corrected chi connectivity index (χ2v) is 9.09. The molecule has 1 heterocycles. The second-order valence-electron chi connectivity index (χ2n) is 7.19. The van der Waals surface area contributed by atoms with Crippen molar-refractivity contribution in [2.45, 2.75) is 32.8 Å². The van der Waals surface area contributed by atoms with E-state index in [2.05, 4.69) is 5.32 Å². The molecule has 2 aromatic carbocycles. The number of amides is 1. The number of para-hydroxylation sites is 2. The lowest BCUT2D eigenvalue weighted by Crippen LogP contribution is -2.31. The van der Waals surface area contributed by atoms with Crippen molar-refractivity contribution in [2.75, 3.05) is 29.2 Å². The summed E-state index contributed by atoms with van der Waals surface area (Å²) in [6.07, 6.45) is 1.62. The zero-order valence-electron chi connectivity index (χ0n) is 17.3. The normalized spacial score (nSPS) is 12.7. The number of fused-ring (bicyclic) bond motifs is 1. The number of anilines is 2. The first-order chi connectivity index (χ1) is 14.2. The zero-order chi connectivity index (χ0) is 21.7. The molecule has 0 bridgehead atoms. The van der Waals surface area contributed by atoms with Gasteiger partial charge in [0.15, 0.2) is 11.5 Å². The standard InChI is InChI=1S/C21H26N2O6S/c1-15(2)29-18-8-5-4-7-17(18)22-21(24)9-6-12-23(30(3,25)26)16-10-11-19-20(13-16)28-14-27-19/h4-5,7-8,10-11,13,15H,6,9,12,14H2,1-3H3,(H,22,24). The fourth-order valence-electron chi connectivity index (χ4n) is 3.05. The van der Waals surface area contributed by atoms with E-state index in [0.29, 0.717) is 35.0 Å². The summed E-state index contributed by atoms with van der Waals surface area (Å²) in [6.45, 7) is 4.10. The monoisotopic (exact) mass is 434 g/mol. The molecule has 8 nitrogen and oxygen atoms in total. The topological polar surface area (TPSA) is 94.2 Å². The van der Waals surface area contributed by atoms with E-state index in [9.17, 15) is 13.2 Å². The average molecular weight is 435 g/mol. The molecule has 9 heteroatoms. The van der Waals surface area contributed by atoms with Crippen LogP contribution in [0, 0.1) is 0 Å². The van der Waals surface area contributed by atoms with Crippen molar-refractivity contribution in [1.29, 1.82) is 0 Å². The Hall–Kier alpha value is -2.94. The molecule has 3 rings (SSSR count). The summed E-state index contributed by atoms with van der Waals surface area (Å²) in [6, 6.07) is 12.2. The number of nitrogens with one attached hydrogen (secondary N) is 1. The molecule has 0 saturated carbocycles. The van der Waals surface area contributed by atoms with Crippen LogP contribution in [0.15, 0.2) is 42.5 Å². The van der Waals surface area contributed by atoms with E-state index < -0.39 is 10.0 Å². The van der Waals surface area contributed by atoms with Crippen LogP contribution in [0.5, 0.6) is 17.2 Å². The molecular formula is C21H26N2O6S. The van der Waals surface area contributed by atoms with Gasteiger partial charge in [-0.3, -0.25) is 9.10 Å². The first-order valence-electron chi connectivity index (χ1n) is 9.67. The summed E-state index contributed by atoms with van der Waals surface area (Å²) in [5.41, 5.74) is 1.06. The average Bonchev–Trinajstić information content (AvgIpc) is 3.13. The van der Waals surface area contributed by atoms with Crippen molar-refractivity contribution in [3.05, 3.63) is 42.5 Å². The van der Waals surface area contributed by atoms with E-state index in [1.807, 2.05) is 26.0 Å². The maximum Gasteiger partial charge on any atom is 0.232 e. The Morgan fingerprint density at radius 3 is 2.63 bits per heavy atom. The van der Waals surface area contributed by atoms with E-state index in [0.717, 1.165) is 6.26 Å². The molecule has 0 aliphatic carbocycles. The van der Waals surface area contributed by atoms with Crippen LogP contribution in [0.4, 0.5) is 11.4 Å². The zero-order valence-corrected chi connectivity index (χ0v) is 18.1. The molecule has 0 unspecified atom stereocenters. The van der Waals surface area contributed by atoms with Gasteiger partial charge >= 0.3 is 0 Å². The molecule has 30 heavy (non-hydrogen) atoms. The Kier molecular flexibility index (Phi) is 6.71. The molecular weight excluding hydrogens is 408 g/mol. The van der Waals surface area contributed by atoms with Gasteiger partial charge in [-0.25, -0.2) is 8.42 Å². The van der Waals surface area contributed by atoms with E-state index in [1.165, 1.54) is 4.31 Å². The van der Waals surface area contributed by atoms with Crippen LogP contribution >= 0.6 is 0 Å². The quantitative estimate of drug-likeness (QED) is 0.650. The number of sulfonamides is 1. The summed E-state index contributed by atoms with van der Waals surface area (Å²) >= 11 is 0. The van der Waals surface area contributed by atoms with Crippen LogP contribution in [-0.2, 0) is 14.8 Å². The smallest absolute Gasteiger partial charge is 0.232 e. The van der Waals surface area contributed by atoms with Crippen molar-refractivity contribution in [3.8, 4) is 17.2 Å². The summed E-state index contributed by atoms with van der Waals surface area (Å²) in [4.78, 5) is 12.4. The third-order valence-corrected chi connectivity index (χ3v) is 5.53. The lowest BCUT2D eigenvalue weighted by Gasteiger charge is -2.22. The van der Waals surface area contributed by atoms with E-state index in [4.69, 9.17) is 14.2 Å². The molecule has 0 aromatic heterocycles. The Labute approximate surface area is 176 Å². The van der Waals surface area contributed by atoms with Gasteiger partial charge in [0, 0.05) is 19.0 Å². The van der Waals surface area contributed by atoms with E-state index in [1.54, 1.807) is 30.3 Å². The Morgan fingerprint density at radius 2 is 1.90 bits per heavy atom. The molecule has 0 radical (unpaired) electrons. The van der Waals surface area contributed by atoms with Crippen molar-refractivity contribution in [3.63, 3.8) is 0 Å². The molecule has 0 saturated heterocycles. The van der Waals surface area contributed by atoms with Crippen molar-refractivity contribution in [2.24, 2.45) is 0 Å². The molecule has 0 spiro atoms. The highest BCUT2D eigenvalue weighted by Crippen LogP contribution is 2.36. The number of rotatable bonds is 9. The number of ether oxygens (including phenoxy) is 3. The summed E-state index contributed by atoms with van der Waals surface area (Å²) in [5.74, 6) is 1.46. The number of nitrogens with zero attached hydrogens (tertiary/aromatic N) is 1. The highest BCUT2D eigenvalue weighted by Gasteiger charge is 2.21. The van der Waals surface area contributed by atoms with Gasteiger partial charge in [-0.1, -0.05) is 12.1 Å². The van der Waals surface area contributed by atoms with Gasteiger partial charge in [-0.15, -0.1) is 0 Å².